The van der Waals surface area contributed by atoms with E-state index in [4.69, 9.17) is 0 Å². The summed E-state index contributed by atoms with van der Waals surface area (Å²) in [6.45, 7) is 8.24. The van der Waals surface area contributed by atoms with Crippen molar-refractivity contribution in [2.45, 2.75) is 38.9 Å². The van der Waals surface area contributed by atoms with Crippen LogP contribution in [0.15, 0.2) is 146 Å². The van der Waals surface area contributed by atoms with Crippen LogP contribution in [0.1, 0.15) is 55.6 Å². The van der Waals surface area contributed by atoms with E-state index in [-0.39, 0.29) is 0 Å². The first-order valence-electron chi connectivity index (χ1n) is 15.9. The standard InChI is InChI=1S/C44H38O2/c1-29-11-19-35(20-12-29)43(45,36-21-13-30(2)14-22-36)41-9-5-7-33-28-40-34(27-39(33)41)8-6-10-42(40)44(46,37-23-15-31(3)16-24-37)38-25-17-32(4)18-26-38/h5-28,45-46H,1-4H3. The number of benzene rings is 7. The van der Waals surface area contributed by atoms with Gasteiger partial charge in [0.1, 0.15) is 11.2 Å². The Kier molecular flexibility index (Phi) is 7.36. The van der Waals surface area contributed by atoms with Crippen molar-refractivity contribution in [3.05, 3.63) is 201 Å². The summed E-state index contributed by atoms with van der Waals surface area (Å²) in [5.74, 6) is 0. The molecule has 0 spiro atoms. The van der Waals surface area contributed by atoms with Crippen LogP contribution in [0.4, 0.5) is 0 Å². The molecule has 2 heteroatoms. The van der Waals surface area contributed by atoms with Crippen molar-refractivity contribution in [1.29, 1.82) is 0 Å². The minimum absolute atomic E-state index is 0.816. The monoisotopic (exact) mass is 598 g/mol. The van der Waals surface area contributed by atoms with Gasteiger partial charge in [-0.25, -0.2) is 0 Å². The van der Waals surface area contributed by atoms with Gasteiger partial charge >= 0.3 is 0 Å². The van der Waals surface area contributed by atoms with Crippen molar-refractivity contribution in [2.24, 2.45) is 0 Å². The number of fused-ring (bicyclic) bond motifs is 2. The molecule has 0 aliphatic rings. The first-order valence-corrected chi connectivity index (χ1v) is 15.9. The molecule has 0 heterocycles. The zero-order chi connectivity index (χ0) is 32.1. The van der Waals surface area contributed by atoms with Crippen LogP contribution in [0.25, 0.3) is 21.5 Å². The summed E-state index contributed by atoms with van der Waals surface area (Å²) >= 11 is 0. The van der Waals surface area contributed by atoms with Gasteiger partial charge in [-0.2, -0.15) is 0 Å². The van der Waals surface area contributed by atoms with Gasteiger partial charge in [-0.3, -0.25) is 0 Å². The highest BCUT2D eigenvalue weighted by Crippen LogP contribution is 2.44. The molecule has 0 unspecified atom stereocenters. The lowest BCUT2D eigenvalue weighted by atomic mass is 9.76. The van der Waals surface area contributed by atoms with Crippen LogP contribution in [-0.4, -0.2) is 10.2 Å². The largest absolute Gasteiger partial charge is 0.376 e. The maximum atomic E-state index is 12.9. The molecule has 7 rings (SSSR count). The van der Waals surface area contributed by atoms with E-state index >= 15 is 0 Å². The second kappa shape index (κ2) is 11.4. The lowest BCUT2D eigenvalue weighted by Gasteiger charge is -2.33. The van der Waals surface area contributed by atoms with Crippen molar-refractivity contribution < 1.29 is 10.2 Å². The van der Waals surface area contributed by atoms with Crippen LogP contribution in [0.2, 0.25) is 0 Å². The number of rotatable bonds is 6. The Bertz CT molecular complexity index is 1920. The van der Waals surface area contributed by atoms with Crippen LogP contribution in [0, 0.1) is 27.7 Å². The van der Waals surface area contributed by atoms with E-state index in [1.54, 1.807) is 0 Å². The SMILES string of the molecule is Cc1ccc(C(O)(c2ccc(C)cc2)c2cccc3cc4c(C(O)(c5ccc(C)cc5)c5ccc(C)cc5)cccc4cc23)cc1. The van der Waals surface area contributed by atoms with Crippen molar-refractivity contribution in [2.75, 3.05) is 0 Å². The van der Waals surface area contributed by atoms with E-state index in [2.05, 4.69) is 100 Å². The van der Waals surface area contributed by atoms with Crippen LogP contribution in [0.3, 0.4) is 0 Å². The summed E-state index contributed by atoms with van der Waals surface area (Å²) in [6, 6.07) is 49.3. The predicted octanol–water partition coefficient (Wildman–Crippen LogP) is 9.80. The molecule has 7 aromatic carbocycles. The molecule has 0 atom stereocenters. The molecular formula is C44H38O2. The van der Waals surface area contributed by atoms with Crippen molar-refractivity contribution >= 4 is 21.5 Å². The molecule has 226 valence electrons. The van der Waals surface area contributed by atoms with Crippen molar-refractivity contribution in [3.63, 3.8) is 0 Å². The number of aliphatic hydroxyl groups is 2. The van der Waals surface area contributed by atoms with Gasteiger partial charge in [0.2, 0.25) is 0 Å². The van der Waals surface area contributed by atoms with E-state index < -0.39 is 11.2 Å². The third kappa shape index (κ3) is 4.91. The fraction of sp³-hybridized carbons (Fsp3) is 0.136. The second-order valence-corrected chi connectivity index (χ2v) is 12.8. The topological polar surface area (TPSA) is 40.5 Å². The molecular weight excluding hydrogens is 560 g/mol. The van der Waals surface area contributed by atoms with E-state index in [0.717, 1.165) is 77.2 Å². The van der Waals surface area contributed by atoms with Crippen LogP contribution in [0.5, 0.6) is 0 Å². The number of aryl methyl sites for hydroxylation is 4. The summed E-state index contributed by atoms with van der Waals surface area (Å²) in [7, 11) is 0. The normalized spacial score (nSPS) is 12.1. The molecule has 2 N–H and O–H groups in total. The van der Waals surface area contributed by atoms with Gasteiger partial charge in [0, 0.05) is 11.1 Å². The summed E-state index contributed by atoms with van der Waals surface area (Å²) in [4.78, 5) is 0. The van der Waals surface area contributed by atoms with Crippen LogP contribution in [-0.2, 0) is 11.2 Å². The Morgan fingerprint density at radius 3 is 0.870 bits per heavy atom. The van der Waals surface area contributed by atoms with E-state index in [1.165, 1.54) is 0 Å². The average molecular weight is 599 g/mol. The van der Waals surface area contributed by atoms with Gasteiger partial charge in [-0.15, -0.1) is 0 Å². The molecule has 7 aromatic rings. The third-order valence-corrected chi connectivity index (χ3v) is 9.54. The smallest absolute Gasteiger partial charge is 0.141 e. The second-order valence-electron chi connectivity index (χ2n) is 12.8. The Morgan fingerprint density at radius 2 is 0.609 bits per heavy atom. The van der Waals surface area contributed by atoms with Crippen molar-refractivity contribution in [3.8, 4) is 0 Å². The molecule has 0 saturated heterocycles. The molecule has 2 nitrogen and oxygen atoms in total. The van der Waals surface area contributed by atoms with Crippen molar-refractivity contribution in [1.82, 2.24) is 0 Å². The zero-order valence-electron chi connectivity index (χ0n) is 26.8. The minimum Gasteiger partial charge on any atom is -0.376 e. The molecule has 0 aromatic heterocycles. The number of hydrogen-bond donors (Lipinski definition) is 2. The molecule has 0 radical (unpaired) electrons. The summed E-state index contributed by atoms with van der Waals surface area (Å²) in [6.07, 6.45) is 0. The Labute approximate surface area is 271 Å². The Balaban J connectivity index is 1.50. The summed E-state index contributed by atoms with van der Waals surface area (Å²) in [5, 5.41) is 29.6. The molecule has 0 saturated carbocycles. The highest BCUT2D eigenvalue weighted by Gasteiger charge is 2.37. The van der Waals surface area contributed by atoms with Gasteiger partial charge in [-0.1, -0.05) is 156 Å². The highest BCUT2D eigenvalue weighted by atomic mass is 16.3. The fourth-order valence-corrected chi connectivity index (χ4v) is 6.82. The van der Waals surface area contributed by atoms with Crippen LogP contribution >= 0.6 is 0 Å². The van der Waals surface area contributed by atoms with Crippen LogP contribution < -0.4 is 0 Å². The first kappa shape index (κ1) is 29.7. The molecule has 0 fully saturated rings. The zero-order valence-corrected chi connectivity index (χ0v) is 26.8. The Hall–Kier alpha value is -5.02. The van der Waals surface area contributed by atoms with E-state index in [1.807, 2.05) is 72.8 Å². The lowest BCUT2D eigenvalue weighted by molar-refractivity contribution is 0.127. The fourth-order valence-electron chi connectivity index (χ4n) is 6.82. The van der Waals surface area contributed by atoms with E-state index in [9.17, 15) is 10.2 Å². The molecule has 46 heavy (non-hydrogen) atoms. The number of hydrogen-bond acceptors (Lipinski definition) is 2. The molecule has 0 aliphatic heterocycles. The molecule has 0 aliphatic carbocycles. The van der Waals surface area contributed by atoms with Gasteiger partial charge in [-0.05, 0) is 83.6 Å². The van der Waals surface area contributed by atoms with E-state index in [0.29, 0.717) is 0 Å². The quantitative estimate of drug-likeness (QED) is 0.148. The van der Waals surface area contributed by atoms with Gasteiger partial charge in [0.15, 0.2) is 0 Å². The Morgan fingerprint density at radius 1 is 0.348 bits per heavy atom. The third-order valence-electron chi connectivity index (χ3n) is 9.54. The van der Waals surface area contributed by atoms with Gasteiger partial charge in [0.05, 0.1) is 0 Å². The summed E-state index contributed by atoms with van der Waals surface area (Å²) in [5.41, 5.74) is 6.70. The maximum Gasteiger partial charge on any atom is 0.141 e. The molecule has 0 bridgehead atoms. The average Bonchev–Trinajstić information content (AvgIpc) is 3.07. The predicted molar refractivity (Wildman–Crippen MR) is 190 cm³/mol. The molecule has 0 amide bonds. The highest BCUT2D eigenvalue weighted by molar-refractivity contribution is 6.02. The lowest BCUT2D eigenvalue weighted by Crippen LogP contribution is -2.29. The van der Waals surface area contributed by atoms with Gasteiger partial charge in [0.25, 0.3) is 0 Å². The summed E-state index contributed by atoms with van der Waals surface area (Å²) < 4.78 is 0. The minimum atomic E-state index is -1.38. The first-order chi connectivity index (χ1) is 22.2. The maximum absolute atomic E-state index is 12.9. The van der Waals surface area contributed by atoms with Gasteiger partial charge < -0.3 is 10.2 Å².